The lowest BCUT2D eigenvalue weighted by Crippen LogP contribution is -2.24. The Morgan fingerprint density at radius 2 is 1.94 bits per heavy atom. The van der Waals surface area contributed by atoms with Crippen LogP contribution in [0.1, 0.15) is 43.9 Å². The molecule has 0 spiro atoms. The first-order valence-electron chi connectivity index (χ1n) is 6.21. The molecule has 0 fully saturated rings. The number of hydrogen-bond donors (Lipinski definition) is 2. The Bertz CT molecular complexity index is 346. The van der Waals surface area contributed by atoms with Gasteiger partial charge in [0.2, 0.25) is 0 Å². The van der Waals surface area contributed by atoms with Crippen LogP contribution in [0.15, 0.2) is 24.3 Å². The summed E-state index contributed by atoms with van der Waals surface area (Å²) in [6.45, 7) is 5.03. The van der Waals surface area contributed by atoms with Crippen molar-refractivity contribution < 1.29 is 9.90 Å². The van der Waals surface area contributed by atoms with E-state index in [-0.39, 0.29) is 12.5 Å². The summed E-state index contributed by atoms with van der Waals surface area (Å²) >= 11 is 0. The minimum absolute atomic E-state index is 0.0849. The highest BCUT2D eigenvalue weighted by atomic mass is 16.4. The van der Waals surface area contributed by atoms with Crippen LogP contribution < -0.4 is 5.32 Å². The number of benzene rings is 1. The Kier molecular flexibility index (Phi) is 5.70. The lowest BCUT2D eigenvalue weighted by Gasteiger charge is -2.17. The Labute approximate surface area is 103 Å². The molecular formula is C14H21NO2. The lowest BCUT2D eigenvalue weighted by molar-refractivity contribution is -0.137. The molecule has 0 saturated heterocycles. The first kappa shape index (κ1) is 13.7. The van der Waals surface area contributed by atoms with Gasteiger partial charge in [-0.25, -0.2) is 0 Å². The van der Waals surface area contributed by atoms with Gasteiger partial charge in [-0.2, -0.15) is 0 Å². The van der Waals surface area contributed by atoms with E-state index in [2.05, 4.69) is 31.3 Å². The van der Waals surface area contributed by atoms with Gasteiger partial charge < -0.3 is 10.4 Å². The summed E-state index contributed by atoms with van der Waals surface area (Å²) in [6.07, 6.45) is 2.14. The smallest absolute Gasteiger partial charge is 0.305 e. The Morgan fingerprint density at radius 1 is 1.29 bits per heavy atom. The number of nitrogens with one attached hydrogen (secondary N) is 1. The largest absolute Gasteiger partial charge is 0.481 e. The van der Waals surface area contributed by atoms with Crippen molar-refractivity contribution in [3.05, 3.63) is 35.4 Å². The van der Waals surface area contributed by atoms with E-state index in [4.69, 9.17) is 5.11 Å². The van der Waals surface area contributed by atoms with Crippen LogP contribution in [0.4, 0.5) is 0 Å². The third-order valence-corrected chi connectivity index (χ3v) is 2.81. The molecule has 0 aliphatic carbocycles. The predicted molar refractivity (Wildman–Crippen MR) is 69.1 cm³/mol. The summed E-state index contributed by atoms with van der Waals surface area (Å²) in [5.74, 6) is -0.766. The van der Waals surface area contributed by atoms with E-state index in [1.165, 1.54) is 5.56 Å². The van der Waals surface area contributed by atoms with Gasteiger partial charge in [0.15, 0.2) is 0 Å². The fraction of sp³-hybridized carbons (Fsp3) is 0.500. The van der Waals surface area contributed by atoms with Crippen LogP contribution in [0.3, 0.4) is 0 Å². The fourth-order valence-corrected chi connectivity index (χ4v) is 1.79. The predicted octanol–water partition coefficient (Wildman–Crippen LogP) is 2.76. The standard InChI is InChI=1S/C14H21NO2/c1-3-9-15-13(10-14(16)17)12-7-5-11(4-2)6-8-12/h5-8,13,15H,3-4,9-10H2,1-2H3,(H,16,17). The van der Waals surface area contributed by atoms with Crippen molar-refractivity contribution in [2.75, 3.05) is 6.54 Å². The summed E-state index contributed by atoms with van der Waals surface area (Å²) in [4.78, 5) is 10.8. The SMILES string of the molecule is CCCNC(CC(=O)O)c1ccc(CC)cc1. The molecular weight excluding hydrogens is 214 g/mol. The minimum Gasteiger partial charge on any atom is -0.481 e. The van der Waals surface area contributed by atoms with E-state index in [0.29, 0.717) is 0 Å². The van der Waals surface area contributed by atoms with Gasteiger partial charge in [0.1, 0.15) is 0 Å². The van der Waals surface area contributed by atoms with E-state index in [9.17, 15) is 4.79 Å². The average molecular weight is 235 g/mol. The number of carboxylic acids is 1. The topological polar surface area (TPSA) is 49.3 Å². The summed E-state index contributed by atoms with van der Waals surface area (Å²) in [6, 6.07) is 8.10. The second kappa shape index (κ2) is 7.07. The Hall–Kier alpha value is -1.35. The molecule has 1 aromatic carbocycles. The van der Waals surface area contributed by atoms with Crippen LogP contribution in [0.2, 0.25) is 0 Å². The third-order valence-electron chi connectivity index (χ3n) is 2.81. The normalized spacial score (nSPS) is 12.4. The van der Waals surface area contributed by atoms with E-state index in [1.807, 2.05) is 12.1 Å². The van der Waals surface area contributed by atoms with E-state index >= 15 is 0 Å². The van der Waals surface area contributed by atoms with E-state index in [1.54, 1.807) is 0 Å². The lowest BCUT2D eigenvalue weighted by atomic mass is 10.0. The van der Waals surface area contributed by atoms with Gasteiger partial charge in [0.25, 0.3) is 0 Å². The van der Waals surface area contributed by atoms with Gasteiger partial charge >= 0.3 is 5.97 Å². The second-order valence-corrected chi connectivity index (χ2v) is 4.20. The zero-order chi connectivity index (χ0) is 12.7. The minimum atomic E-state index is -0.766. The summed E-state index contributed by atoms with van der Waals surface area (Å²) in [7, 11) is 0. The Balaban J connectivity index is 2.75. The molecule has 0 aromatic heterocycles. The molecule has 94 valence electrons. The third kappa shape index (κ3) is 4.57. The van der Waals surface area contributed by atoms with E-state index < -0.39 is 5.97 Å². The molecule has 0 saturated carbocycles. The zero-order valence-corrected chi connectivity index (χ0v) is 10.6. The second-order valence-electron chi connectivity index (χ2n) is 4.20. The molecule has 0 aliphatic heterocycles. The van der Waals surface area contributed by atoms with Crippen molar-refractivity contribution in [3.63, 3.8) is 0 Å². The molecule has 1 rings (SSSR count). The van der Waals surface area contributed by atoms with Gasteiger partial charge in [-0.15, -0.1) is 0 Å². The molecule has 3 heteroatoms. The molecule has 0 heterocycles. The Morgan fingerprint density at radius 3 is 2.41 bits per heavy atom. The molecule has 3 nitrogen and oxygen atoms in total. The van der Waals surface area contributed by atoms with Crippen LogP contribution >= 0.6 is 0 Å². The zero-order valence-electron chi connectivity index (χ0n) is 10.6. The molecule has 17 heavy (non-hydrogen) atoms. The van der Waals surface area contributed by atoms with Crippen LogP contribution in [-0.2, 0) is 11.2 Å². The van der Waals surface area contributed by atoms with Crippen LogP contribution in [0.25, 0.3) is 0 Å². The number of rotatable bonds is 7. The van der Waals surface area contributed by atoms with Crippen LogP contribution in [0.5, 0.6) is 0 Å². The number of hydrogen-bond acceptors (Lipinski definition) is 2. The van der Waals surface area contributed by atoms with Crippen molar-refractivity contribution in [1.82, 2.24) is 5.32 Å². The maximum absolute atomic E-state index is 10.8. The molecule has 1 aromatic rings. The molecule has 2 N–H and O–H groups in total. The molecule has 0 amide bonds. The molecule has 1 unspecified atom stereocenters. The maximum atomic E-state index is 10.8. The highest BCUT2D eigenvalue weighted by molar-refractivity contribution is 5.67. The van der Waals surface area contributed by atoms with Gasteiger partial charge in [-0.3, -0.25) is 4.79 Å². The highest BCUT2D eigenvalue weighted by Gasteiger charge is 2.14. The van der Waals surface area contributed by atoms with Crippen molar-refractivity contribution in [1.29, 1.82) is 0 Å². The molecule has 0 radical (unpaired) electrons. The van der Waals surface area contributed by atoms with Gasteiger partial charge in [-0.1, -0.05) is 38.1 Å². The quantitative estimate of drug-likeness (QED) is 0.764. The molecule has 1 atom stereocenters. The first-order valence-corrected chi connectivity index (χ1v) is 6.21. The summed E-state index contributed by atoms with van der Waals surface area (Å²) in [5, 5.41) is 12.2. The summed E-state index contributed by atoms with van der Waals surface area (Å²) < 4.78 is 0. The number of carboxylic acid groups (broad SMARTS) is 1. The summed E-state index contributed by atoms with van der Waals surface area (Å²) in [5.41, 5.74) is 2.33. The number of aliphatic carboxylic acids is 1. The molecule has 0 aliphatic rings. The van der Waals surface area contributed by atoms with Crippen molar-refractivity contribution >= 4 is 5.97 Å². The van der Waals surface area contributed by atoms with Gasteiger partial charge in [0, 0.05) is 6.04 Å². The van der Waals surface area contributed by atoms with Crippen LogP contribution in [0, 0.1) is 0 Å². The maximum Gasteiger partial charge on any atom is 0.305 e. The van der Waals surface area contributed by atoms with Crippen molar-refractivity contribution in [2.45, 2.75) is 39.2 Å². The fourth-order valence-electron chi connectivity index (χ4n) is 1.79. The monoisotopic (exact) mass is 235 g/mol. The first-order chi connectivity index (χ1) is 8.17. The average Bonchev–Trinajstić information content (AvgIpc) is 2.34. The van der Waals surface area contributed by atoms with Crippen LogP contribution in [-0.4, -0.2) is 17.6 Å². The number of aryl methyl sites for hydroxylation is 1. The van der Waals surface area contributed by atoms with E-state index in [0.717, 1.165) is 24.9 Å². The van der Waals surface area contributed by atoms with Gasteiger partial charge in [0.05, 0.1) is 6.42 Å². The van der Waals surface area contributed by atoms with Crippen molar-refractivity contribution in [3.8, 4) is 0 Å². The van der Waals surface area contributed by atoms with Gasteiger partial charge in [-0.05, 0) is 30.5 Å². The van der Waals surface area contributed by atoms with Crippen molar-refractivity contribution in [2.24, 2.45) is 0 Å². The molecule has 0 bridgehead atoms. The number of carbonyl (C=O) groups is 1. The highest BCUT2D eigenvalue weighted by Crippen LogP contribution is 2.17.